The zero-order chi connectivity index (χ0) is 15.4. The molecule has 2 aliphatic rings. The van der Waals surface area contributed by atoms with Gasteiger partial charge in [-0.15, -0.1) is 0 Å². The summed E-state index contributed by atoms with van der Waals surface area (Å²) < 4.78 is 5.99. The number of ether oxygens (including phenoxy) is 1. The lowest BCUT2D eigenvalue weighted by Gasteiger charge is -2.35. The van der Waals surface area contributed by atoms with Crippen molar-refractivity contribution in [3.05, 3.63) is 24.3 Å². The molecule has 2 N–H and O–H groups in total. The Morgan fingerprint density at radius 1 is 1.00 bits per heavy atom. The van der Waals surface area contributed by atoms with Gasteiger partial charge in [0.2, 0.25) is 5.91 Å². The first-order valence-electron chi connectivity index (χ1n) is 8.53. The lowest BCUT2D eigenvalue weighted by Crippen LogP contribution is -2.44. The van der Waals surface area contributed by atoms with Gasteiger partial charge in [-0.05, 0) is 37.1 Å². The molecule has 0 spiro atoms. The van der Waals surface area contributed by atoms with E-state index in [-0.39, 0.29) is 12.0 Å². The third kappa shape index (κ3) is 3.73. The molecular formula is C18H26N2O2. The number of rotatable bonds is 3. The van der Waals surface area contributed by atoms with E-state index >= 15 is 0 Å². The van der Waals surface area contributed by atoms with E-state index in [0.717, 1.165) is 50.2 Å². The number of nitrogens with two attached hydrogens (primary N) is 1. The van der Waals surface area contributed by atoms with Gasteiger partial charge in [0.15, 0.2) is 0 Å². The monoisotopic (exact) mass is 302 g/mol. The molecule has 1 aliphatic carbocycles. The summed E-state index contributed by atoms with van der Waals surface area (Å²) in [6.45, 7) is 1.66. The molecular weight excluding hydrogens is 276 g/mol. The average molecular weight is 302 g/mol. The SMILES string of the molecule is Nc1ccc(OC2CCN(C(=O)C3CCCCC3)CC2)cc1. The Labute approximate surface area is 132 Å². The van der Waals surface area contributed by atoms with Gasteiger partial charge in [-0.2, -0.15) is 0 Å². The average Bonchev–Trinajstić information content (AvgIpc) is 2.58. The number of hydrogen-bond donors (Lipinski definition) is 1. The van der Waals surface area contributed by atoms with Crippen LogP contribution in [0.25, 0.3) is 0 Å². The molecule has 0 unspecified atom stereocenters. The maximum Gasteiger partial charge on any atom is 0.225 e. The second-order valence-corrected chi connectivity index (χ2v) is 6.55. The molecule has 1 amide bonds. The molecule has 2 fully saturated rings. The minimum atomic E-state index is 0.207. The number of nitrogens with zero attached hydrogens (tertiary/aromatic N) is 1. The Morgan fingerprint density at radius 2 is 1.64 bits per heavy atom. The zero-order valence-electron chi connectivity index (χ0n) is 13.2. The third-order valence-electron chi connectivity index (χ3n) is 4.89. The van der Waals surface area contributed by atoms with Crippen LogP contribution in [-0.4, -0.2) is 30.0 Å². The van der Waals surface area contributed by atoms with E-state index in [1.165, 1.54) is 19.3 Å². The van der Waals surface area contributed by atoms with Gasteiger partial charge in [-0.3, -0.25) is 4.79 Å². The van der Waals surface area contributed by atoms with Crippen molar-refractivity contribution >= 4 is 11.6 Å². The Bertz CT molecular complexity index is 486. The lowest BCUT2D eigenvalue weighted by molar-refractivity contribution is -0.138. The Kier molecular flexibility index (Phi) is 4.86. The van der Waals surface area contributed by atoms with E-state index < -0.39 is 0 Å². The van der Waals surface area contributed by atoms with Crippen molar-refractivity contribution in [1.82, 2.24) is 4.90 Å². The van der Waals surface area contributed by atoms with Gasteiger partial charge < -0.3 is 15.4 Å². The molecule has 4 heteroatoms. The van der Waals surface area contributed by atoms with Crippen molar-refractivity contribution in [3.63, 3.8) is 0 Å². The Morgan fingerprint density at radius 3 is 2.27 bits per heavy atom. The topological polar surface area (TPSA) is 55.6 Å². The van der Waals surface area contributed by atoms with E-state index in [0.29, 0.717) is 5.91 Å². The predicted molar refractivity (Wildman–Crippen MR) is 87.7 cm³/mol. The minimum absolute atomic E-state index is 0.207. The van der Waals surface area contributed by atoms with Gasteiger partial charge >= 0.3 is 0 Å². The highest BCUT2D eigenvalue weighted by atomic mass is 16.5. The maximum absolute atomic E-state index is 12.5. The fourth-order valence-corrected chi connectivity index (χ4v) is 3.54. The van der Waals surface area contributed by atoms with Crippen LogP contribution in [0.15, 0.2) is 24.3 Å². The molecule has 1 aromatic carbocycles. The molecule has 120 valence electrons. The summed E-state index contributed by atoms with van der Waals surface area (Å²) in [5.41, 5.74) is 6.43. The van der Waals surface area contributed by atoms with E-state index in [9.17, 15) is 4.79 Å². The van der Waals surface area contributed by atoms with Crippen LogP contribution in [0.2, 0.25) is 0 Å². The van der Waals surface area contributed by atoms with E-state index in [2.05, 4.69) is 4.90 Å². The third-order valence-corrected chi connectivity index (χ3v) is 4.89. The van der Waals surface area contributed by atoms with Gasteiger partial charge in [-0.1, -0.05) is 19.3 Å². The lowest BCUT2D eigenvalue weighted by atomic mass is 9.88. The summed E-state index contributed by atoms with van der Waals surface area (Å²) in [4.78, 5) is 14.6. The largest absolute Gasteiger partial charge is 0.490 e. The first-order chi connectivity index (χ1) is 10.7. The van der Waals surface area contributed by atoms with Crippen LogP contribution in [-0.2, 0) is 4.79 Å². The summed E-state index contributed by atoms with van der Waals surface area (Å²) in [6, 6.07) is 7.54. The summed E-state index contributed by atoms with van der Waals surface area (Å²) in [7, 11) is 0. The van der Waals surface area contributed by atoms with Crippen molar-refractivity contribution in [2.75, 3.05) is 18.8 Å². The van der Waals surface area contributed by atoms with Crippen molar-refractivity contribution in [1.29, 1.82) is 0 Å². The molecule has 1 saturated heterocycles. The molecule has 0 aromatic heterocycles. The van der Waals surface area contributed by atoms with Crippen molar-refractivity contribution in [2.24, 2.45) is 5.92 Å². The number of carbonyl (C=O) groups is 1. The second kappa shape index (κ2) is 7.03. The quantitative estimate of drug-likeness (QED) is 0.872. The molecule has 3 rings (SSSR count). The molecule has 1 aromatic rings. The Hall–Kier alpha value is -1.71. The number of benzene rings is 1. The number of anilines is 1. The predicted octanol–water partition coefficient (Wildman–Crippen LogP) is 3.22. The van der Waals surface area contributed by atoms with Crippen LogP contribution in [0.4, 0.5) is 5.69 Å². The molecule has 1 saturated carbocycles. The van der Waals surface area contributed by atoms with Gasteiger partial charge in [0.25, 0.3) is 0 Å². The molecule has 1 heterocycles. The minimum Gasteiger partial charge on any atom is -0.490 e. The van der Waals surface area contributed by atoms with Crippen LogP contribution in [0.1, 0.15) is 44.9 Å². The Balaban J connectivity index is 1.47. The first-order valence-corrected chi connectivity index (χ1v) is 8.53. The summed E-state index contributed by atoms with van der Waals surface area (Å²) in [6.07, 6.45) is 7.94. The molecule has 0 bridgehead atoms. The van der Waals surface area contributed by atoms with Crippen LogP contribution < -0.4 is 10.5 Å². The fourth-order valence-electron chi connectivity index (χ4n) is 3.54. The second-order valence-electron chi connectivity index (χ2n) is 6.55. The maximum atomic E-state index is 12.5. The van der Waals surface area contributed by atoms with Gasteiger partial charge in [0, 0.05) is 37.5 Å². The number of likely N-dealkylation sites (tertiary alicyclic amines) is 1. The molecule has 4 nitrogen and oxygen atoms in total. The summed E-state index contributed by atoms with van der Waals surface area (Å²) in [5, 5.41) is 0. The fraction of sp³-hybridized carbons (Fsp3) is 0.611. The van der Waals surface area contributed by atoms with Crippen LogP contribution in [0.3, 0.4) is 0 Å². The van der Waals surface area contributed by atoms with Gasteiger partial charge in [0.05, 0.1) is 0 Å². The highest BCUT2D eigenvalue weighted by Gasteiger charge is 2.29. The van der Waals surface area contributed by atoms with Gasteiger partial charge in [-0.25, -0.2) is 0 Å². The standard InChI is InChI=1S/C18H26N2O2/c19-15-6-8-16(9-7-15)22-17-10-12-20(13-11-17)18(21)14-4-2-1-3-5-14/h6-9,14,17H,1-5,10-13,19H2. The van der Waals surface area contributed by atoms with E-state index in [1.54, 1.807) is 0 Å². The highest BCUT2D eigenvalue weighted by molar-refractivity contribution is 5.79. The molecule has 1 aliphatic heterocycles. The molecule has 22 heavy (non-hydrogen) atoms. The van der Waals surface area contributed by atoms with Crippen LogP contribution in [0, 0.1) is 5.92 Å². The van der Waals surface area contributed by atoms with Crippen molar-refractivity contribution < 1.29 is 9.53 Å². The van der Waals surface area contributed by atoms with Crippen molar-refractivity contribution in [2.45, 2.75) is 51.0 Å². The first kappa shape index (κ1) is 15.2. The number of piperidine rings is 1. The zero-order valence-corrected chi connectivity index (χ0v) is 13.2. The van der Waals surface area contributed by atoms with Crippen molar-refractivity contribution in [3.8, 4) is 5.75 Å². The number of amides is 1. The molecule has 0 atom stereocenters. The van der Waals surface area contributed by atoms with Crippen LogP contribution >= 0.6 is 0 Å². The summed E-state index contributed by atoms with van der Waals surface area (Å²) >= 11 is 0. The van der Waals surface area contributed by atoms with E-state index in [4.69, 9.17) is 10.5 Å². The highest BCUT2D eigenvalue weighted by Crippen LogP contribution is 2.27. The normalized spacial score (nSPS) is 20.8. The molecule has 0 radical (unpaired) electrons. The smallest absolute Gasteiger partial charge is 0.225 e. The summed E-state index contributed by atoms with van der Waals surface area (Å²) in [5.74, 6) is 1.53. The number of carbonyl (C=O) groups excluding carboxylic acids is 1. The number of hydrogen-bond acceptors (Lipinski definition) is 3. The van der Waals surface area contributed by atoms with Crippen LogP contribution in [0.5, 0.6) is 5.75 Å². The van der Waals surface area contributed by atoms with Gasteiger partial charge in [0.1, 0.15) is 11.9 Å². The number of nitrogen functional groups attached to an aromatic ring is 1. The van der Waals surface area contributed by atoms with E-state index in [1.807, 2.05) is 24.3 Å².